The number of aryl methyl sites for hydroxylation is 1. The lowest BCUT2D eigenvalue weighted by Crippen LogP contribution is -2.51. The van der Waals surface area contributed by atoms with Gasteiger partial charge < -0.3 is 18.4 Å². The molecule has 178 valence electrons. The summed E-state index contributed by atoms with van der Waals surface area (Å²) in [6.07, 6.45) is 3.15. The summed E-state index contributed by atoms with van der Waals surface area (Å²) in [6.45, 7) is 14.0. The summed E-state index contributed by atoms with van der Waals surface area (Å²) in [4.78, 5) is 24.4. The van der Waals surface area contributed by atoms with Crippen LogP contribution < -0.4 is 4.74 Å². The summed E-state index contributed by atoms with van der Waals surface area (Å²) < 4.78 is 17.8. The summed E-state index contributed by atoms with van der Waals surface area (Å²) in [5.41, 5.74) is 3.90. The molecule has 0 saturated carbocycles. The number of hydrogen-bond acceptors (Lipinski definition) is 5. The first-order valence-electron chi connectivity index (χ1n) is 11.4. The van der Waals surface area contributed by atoms with Crippen molar-refractivity contribution in [3.8, 4) is 5.75 Å². The Balaban J connectivity index is 2.67. The van der Waals surface area contributed by atoms with Crippen LogP contribution in [0.5, 0.6) is 5.75 Å². The van der Waals surface area contributed by atoms with Gasteiger partial charge in [0.25, 0.3) is 0 Å². The minimum atomic E-state index is -2.00. The van der Waals surface area contributed by atoms with Gasteiger partial charge in [-0.2, -0.15) is 0 Å². The number of carbonyl (C=O) groups excluding carboxylic acids is 2. The summed E-state index contributed by atoms with van der Waals surface area (Å²) in [5.74, 6) is -1.27. The van der Waals surface area contributed by atoms with Crippen LogP contribution in [0.4, 0.5) is 0 Å². The smallest absolute Gasteiger partial charge is 0.320 e. The van der Waals surface area contributed by atoms with Crippen molar-refractivity contribution in [3.05, 3.63) is 30.0 Å². The molecule has 0 bridgehead atoms. The van der Waals surface area contributed by atoms with E-state index in [9.17, 15) is 9.59 Å². The lowest BCUT2D eigenvalue weighted by Gasteiger charge is -2.44. The summed E-state index contributed by atoms with van der Waals surface area (Å²) in [7, 11) is 2.26. The Labute approximate surface area is 193 Å². The van der Waals surface area contributed by atoms with Crippen LogP contribution in [0.1, 0.15) is 53.5 Å². The minimum Gasteiger partial charge on any atom is -0.497 e. The van der Waals surface area contributed by atoms with Gasteiger partial charge in [0.2, 0.25) is 0 Å². The van der Waals surface area contributed by atoms with Crippen molar-refractivity contribution >= 4 is 31.1 Å². The highest BCUT2D eigenvalue weighted by molar-refractivity contribution is 6.82. The van der Waals surface area contributed by atoms with E-state index >= 15 is 0 Å². The Hall–Kier alpha value is -2.28. The Morgan fingerprint density at radius 2 is 1.44 bits per heavy atom. The molecule has 6 nitrogen and oxygen atoms in total. The van der Waals surface area contributed by atoms with Gasteiger partial charge in [-0.3, -0.25) is 9.59 Å². The van der Waals surface area contributed by atoms with Crippen molar-refractivity contribution in [2.75, 3.05) is 21.3 Å². The van der Waals surface area contributed by atoms with E-state index in [2.05, 4.69) is 64.1 Å². The van der Waals surface area contributed by atoms with E-state index in [1.165, 1.54) is 19.7 Å². The van der Waals surface area contributed by atoms with Crippen LogP contribution in [0.15, 0.2) is 24.4 Å². The maximum atomic E-state index is 12.2. The zero-order valence-corrected chi connectivity index (χ0v) is 22.0. The molecule has 0 spiro atoms. The molecule has 0 unspecified atom stereocenters. The predicted octanol–water partition coefficient (Wildman–Crippen LogP) is 5.57. The van der Waals surface area contributed by atoms with E-state index in [4.69, 9.17) is 14.2 Å². The van der Waals surface area contributed by atoms with E-state index in [0.29, 0.717) is 29.5 Å². The van der Waals surface area contributed by atoms with Crippen molar-refractivity contribution in [1.82, 2.24) is 4.23 Å². The van der Waals surface area contributed by atoms with E-state index in [1.54, 1.807) is 7.11 Å². The molecule has 7 heteroatoms. The minimum absolute atomic E-state index is 0.329. The number of rotatable bonds is 10. The quantitative estimate of drug-likeness (QED) is 0.263. The molecule has 0 aliphatic rings. The van der Waals surface area contributed by atoms with Crippen molar-refractivity contribution in [2.45, 2.75) is 71.0 Å². The zero-order chi connectivity index (χ0) is 24.2. The third-order valence-corrected chi connectivity index (χ3v) is 13.7. The summed E-state index contributed by atoms with van der Waals surface area (Å²) in [6, 6.07) is 6.21. The highest BCUT2D eigenvalue weighted by Crippen LogP contribution is 2.45. The molecular weight excluding hydrogens is 422 g/mol. The molecule has 2 aromatic rings. The van der Waals surface area contributed by atoms with Gasteiger partial charge in [0.15, 0.2) is 14.2 Å². The Morgan fingerprint density at radius 3 is 1.88 bits per heavy atom. The van der Waals surface area contributed by atoms with Crippen molar-refractivity contribution in [2.24, 2.45) is 5.92 Å². The van der Waals surface area contributed by atoms with Crippen LogP contribution in [0, 0.1) is 5.92 Å². The molecule has 0 saturated heterocycles. The van der Waals surface area contributed by atoms with E-state index in [0.717, 1.165) is 16.7 Å². The predicted molar refractivity (Wildman–Crippen MR) is 131 cm³/mol. The molecule has 2 rings (SSSR count). The van der Waals surface area contributed by atoms with Crippen molar-refractivity contribution in [1.29, 1.82) is 0 Å². The van der Waals surface area contributed by atoms with Gasteiger partial charge in [-0.1, -0.05) is 41.5 Å². The number of carbonyl (C=O) groups is 2. The third kappa shape index (κ3) is 4.58. The Morgan fingerprint density at radius 1 is 0.906 bits per heavy atom. The van der Waals surface area contributed by atoms with Gasteiger partial charge in [-0.05, 0) is 59.4 Å². The molecular formula is C25H39NO5Si. The number of fused-ring (bicyclic) bond motifs is 1. The fraction of sp³-hybridized carbons (Fsp3) is 0.600. The van der Waals surface area contributed by atoms with Gasteiger partial charge in [0.05, 0.1) is 21.3 Å². The maximum absolute atomic E-state index is 12.2. The number of aromatic nitrogens is 1. The molecule has 32 heavy (non-hydrogen) atoms. The van der Waals surface area contributed by atoms with Gasteiger partial charge in [-0.15, -0.1) is 0 Å². The zero-order valence-electron chi connectivity index (χ0n) is 21.0. The molecule has 0 N–H and O–H groups in total. The van der Waals surface area contributed by atoms with Crippen molar-refractivity contribution < 1.29 is 23.8 Å². The largest absolute Gasteiger partial charge is 0.497 e. The number of hydrogen-bond donors (Lipinski definition) is 0. The fourth-order valence-electron chi connectivity index (χ4n) is 5.67. The number of ether oxygens (including phenoxy) is 3. The van der Waals surface area contributed by atoms with Crippen LogP contribution >= 0.6 is 0 Å². The van der Waals surface area contributed by atoms with Crippen LogP contribution in [0.25, 0.3) is 10.9 Å². The lowest BCUT2D eigenvalue weighted by atomic mass is 9.99. The normalized spacial score (nSPS) is 12.3. The van der Waals surface area contributed by atoms with Gasteiger partial charge >= 0.3 is 11.9 Å². The average molecular weight is 462 g/mol. The molecule has 0 radical (unpaired) electrons. The molecule has 1 heterocycles. The standard InChI is InChI=1S/C25H39NO5Si/c1-16(2)32(17(3)4,18(5)6)26-15-19(22-14-20(29-7)11-13-23(22)26)10-12-21(24(27)30-8)25(28)31-9/h11,13-18,21H,10,12H2,1-9H3. The highest BCUT2D eigenvalue weighted by Gasteiger charge is 2.46. The monoisotopic (exact) mass is 461 g/mol. The van der Waals surface area contributed by atoms with Crippen LogP contribution in [-0.2, 0) is 25.5 Å². The summed E-state index contributed by atoms with van der Waals surface area (Å²) in [5, 5.41) is 1.11. The molecule has 0 aliphatic carbocycles. The molecule has 1 aromatic heterocycles. The van der Waals surface area contributed by atoms with Gasteiger partial charge in [0, 0.05) is 10.9 Å². The Kier molecular flexibility index (Phi) is 8.57. The van der Waals surface area contributed by atoms with Crippen LogP contribution in [-0.4, -0.2) is 45.7 Å². The second-order valence-electron chi connectivity index (χ2n) is 9.40. The van der Waals surface area contributed by atoms with Gasteiger partial charge in [-0.25, -0.2) is 0 Å². The number of esters is 2. The van der Waals surface area contributed by atoms with E-state index < -0.39 is 26.1 Å². The number of benzene rings is 1. The Bertz CT molecular complexity index is 909. The molecule has 0 aliphatic heterocycles. The molecule has 1 aromatic carbocycles. The molecule has 0 fully saturated rings. The average Bonchev–Trinajstić information content (AvgIpc) is 3.10. The summed E-state index contributed by atoms with van der Waals surface area (Å²) >= 11 is 0. The SMILES string of the molecule is COC(=O)C(CCc1cn([Si](C(C)C)(C(C)C)C(C)C)c2ccc(OC)cc12)C(=O)OC. The topological polar surface area (TPSA) is 66.8 Å². The van der Waals surface area contributed by atoms with Gasteiger partial charge in [0.1, 0.15) is 5.75 Å². The second kappa shape index (κ2) is 10.6. The second-order valence-corrected chi connectivity index (χ2v) is 15.1. The van der Waals surface area contributed by atoms with Crippen molar-refractivity contribution in [3.63, 3.8) is 0 Å². The molecule has 0 amide bonds. The first-order chi connectivity index (χ1) is 15.1. The third-order valence-electron chi connectivity index (χ3n) is 6.96. The van der Waals surface area contributed by atoms with E-state index in [1.807, 2.05) is 6.07 Å². The van der Waals surface area contributed by atoms with Crippen LogP contribution in [0.3, 0.4) is 0 Å². The number of methoxy groups -OCH3 is 3. The maximum Gasteiger partial charge on any atom is 0.320 e. The fourth-order valence-corrected chi connectivity index (χ4v) is 12.3. The number of nitrogens with zero attached hydrogens (tertiary/aromatic N) is 1. The first-order valence-corrected chi connectivity index (χ1v) is 13.6. The first kappa shape index (κ1) is 26.0. The van der Waals surface area contributed by atoms with E-state index in [-0.39, 0.29) is 0 Å². The van der Waals surface area contributed by atoms with Crippen LogP contribution in [0.2, 0.25) is 16.6 Å². The highest BCUT2D eigenvalue weighted by atomic mass is 28.3. The lowest BCUT2D eigenvalue weighted by molar-refractivity contribution is -0.159. The molecule has 0 atom stereocenters.